The van der Waals surface area contributed by atoms with Gasteiger partial charge in [0.15, 0.2) is 0 Å². The minimum Gasteiger partial charge on any atom is -0.267 e. The normalized spacial score (nSPS) is 9.89. The average Bonchev–Trinajstić information content (AvgIpc) is 2.48. The first-order valence-electron chi connectivity index (χ1n) is 5.89. The van der Waals surface area contributed by atoms with Gasteiger partial charge in [-0.05, 0) is 24.1 Å². The van der Waals surface area contributed by atoms with Crippen molar-refractivity contribution in [2.75, 3.05) is 0 Å². The Morgan fingerprint density at radius 2 is 1.53 bits per heavy atom. The molecule has 0 saturated heterocycles. The van der Waals surface area contributed by atoms with Gasteiger partial charge in [-0.25, -0.2) is 5.10 Å². The second kappa shape index (κ2) is 4.79. The van der Waals surface area contributed by atoms with E-state index in [0.717, 1.165) is 10.9 Å². The lowest BCUT2D eigenvalue weighted by molar-refractivity contribution is 0.997. The molecular weight excluding hydrogens is 236 g/mol. The Morgan fingerprint density at radius 1 is 0.842 bits per heavy atom. The number of H-pyrrole nitrogens is 1. The molecule has 2 aromatic carbocycles. The van der Waals surface area contributed by atoms with Crippen LogP contribution in [0.2, 0.25) is 0 Å². The molecule has 0 aliphatic rings. The molecule has 1 aromatic heterocycles. The second-order valence-electron chi connectivity index (χ2n) is 4.06. The van der Waals surface area contributed by atoms with E-state index in [2.05, 4.69) is 22.0 Å². The van der Waals surface area contributed by atoms with Gasteiger partial charge in [0.2, 0.25) is 0 Å². The van der Waals surface area contributed by atoms with Gasteiger partial charge in [-0.1, -0.05) is 42.3 Å². The maximum Gasteiger partial charge on any atom is 0.272 e. The van der Waals surface area contributed by atoms with Crippen LogP contribution < -0.4 is 5.56 Å². The summed E-state index contributed by atoms with van der Waals surface area (Å²) >= 11 is 0. The number of nitrogens with zero attached hydrogens (tertiary/aromatic N) is 1. The van der Waals surface area contributed by atoms with Crippen LogP contribution in [0.4, 0.5) is 0 Å². The van der Waals surface area contributed by atoms with Crippen molar-refractivity contribution in [3.8, 4) is 11.8 Å². The molecule has 0 aliphatic heterocycles. The average molecular weight is 246 g/mol. The van der Waals surface area contributed by atoms with E-state index >= 15 is 0 Å². The zero-order chi connectivity index (χ0) is 13.1. The van der Waals surface area contributed by atoms with Crippen molar-refractivity contribution in [2.45, 2.75) is 0 Å². The summed E-state index contributed by atoms with van der Waals surface area (Å²) in [5.74, 6) is 6.04. The highest BCUT2D eigenvalue weighted by Crippen LogP contribution is 2.11. The lowest BCUT2D eigenvalue weighted by atomic mass is 10.1. The fraction of sp³-hybridized carbons (Fsp3) is 0. The van der Waals surface area contributed by atoms with Crippen LogP contribution in [0.25, 0.3) is 10.8 Å². The molecule has 90 valence electrons. The third-order valence-electron chi connectivity index (χ3n) is 2.80. The van der Waals surface area contributed by atoms with Crippen LogP contribution in [0.15, 0.2) is 59.4 Å². The first kappa shape index (κ1) is 11.2. The van der Waals surface area contributed by atoms with E-state index in [0.29, 0.717) is 11.1 Å². The number of benzene rings is 2. The van der Waals surface area contributed by atoms with Crippen LogP contribution in [0.1, 0.15) is 11.3 Å². The lowest BCUT2D eigenvalue weighted by Crippen LogP contribution is -2.09. The summed E-state index contributed by atoms with van der Waals surface area (Å²) in [7, 11) is 0. The fourth-order valence-corrected chi connectivity index (χ4v) is 1.86. The number of hydrogen-bond donors (Lipinski definition) is 1. The van der Waals surface area contributed by atoms with Crippen molar-refractivity contribution < 1.29 is 0 Å². The maximum absolute atomic E-state index is 11.6. The van der Waals surface area contributed by atoms with E-state index in [9.17, 15) is 4.79 Å². The number of aromatic nitrogens is 2. The first-order valence-corrected chi connectivity index (χ1v) is 5.89. The van der Waals surface area contributed by atoms with Gasteiger partial charge in [0.1, 0.15) is 5.69 Å². The minimum atomic E-state index is -0.194. The van der Waals surface area contributed by atoms with Gasteiger partial charge in [-0.2, -0.15) is 5.10 Å². The van der Waals surface area contributed by atoms with Crippen LogP contribution in [-0.2, 0) is 0 Å². The van der Waals surface area contributed by atoms with Gasteiger partial charge in [-0.3, -0.25) is 4.79 Å². The number of aromatic amines is 1. The van der Waals surface area contributed by atoms with Gasteiger partial charge in [0.25, 0.3) is 5.56 Å². The minimum absolute atomic E-state index is 0.194. The molecule has 0 amide bonds. The summed E-state index contributed by atoms with van der Waals surface area (Å²) in [6, 6.07) is 17.0. The Hall–Kier alpha value is -2.86. The lowest BCUT2D eigenvalue weighted by Gasteiger charge is -1.97. The summed E-state index contributed by atoms with van der Waals surface area (Å²) in [6.07, 6.45) is 0. The van der Waals surface area contributed by atoms with E-state index in [-0.39, 0.29) is 5.56 Å². The molecule has 0 saturated carbocycles. The van der Waals surface area contributed by atoms with Crippen molar-refractivity contribution in [2.24, 2.45) is 0 Å². The van der Waals surface area contributed by atoms with E-state index in [1.807, 2.05) is 48.5 Å². The Bertz CT molecular complexity index is 839. The topological polar surface area (TPSA) is 45.8 Å². The highest BCUT2D eigenvalue weighted by atomic mass is 16.1. The quantitative estimate of drug-likeness (QED) is 0.619. The largest absolute Gasteiger partial charge is 0.272 e. The number of nitrogens with one attached hydrogen (secondary N) is 1. The molecule has 3 heteroatoms. The summed E-state index contributed by atoms with van der Waals surface area (Å²) < 4.78 is 0. The van der Waals surface area contributed by atoms with Crippen LogP contribution in [-0.4, -0.2) is 10.2 Å². The van der Waals surface area contributed by atoms with Crippen molar-refractivity contribution in [1.29, 1.82) is 0 Å². The molecule has 0 radical (unpaired) electrons. The van der Waals surface area contributed by atoms with Gasteiger partial charge in [0.05, 0.1) is 5.39 Å². The Balaban J connectivity index is 2.15. The second-order valence-corrected chi connectivity index (χ2v) is 4.06. The predicted molar refractivity (Wildman–Crippen MR) is 74.8 cm³/mol. The zero-order valence-electron chi connectivity index (χ0n) is 10.1. The molecule has 1 N–H and O–H groups in total. The van der Waals surface area contributed by atoms with E-state index in [1.54, 1.807) is 6.07 Å². The van der Waals surface area contributed by atoms with Crippen LogP contribution in [0.5, 0.6) is 0 Å². The van der Waals surface area contributed by atoms with E-state index in [4.69, 9.17) is 0 Å². The summed E-state index contributed by atoms with van der Waals surface area (Å²) in [4.78, 5) is 11.6. The number of fused-ring (bicyclic) bond motifs is 1. The molecule has 19 heavy (non-hydrogen) atoms. The molecule has 0 bridgehead atoms. The van der Waals surface area contributed by atoms with E-state index < -0.39 is 0 Å². The molecule has 0 fully saturated rings. The molecule has 1 heterocycles. The summed E-state index contributed by atoms with van der Waals surface area (Å²) in [6.45, 7) is 0. The highest BCUT2D eigenvalue weighted by molar-refractivity contribution is 5.85. The number of rotatable bonds is 0. The Kier molecular flexibility index (Phi) is 2.83. The molecule has 3 aromatic rings. The molecule has 3 rings (SSSR count). The van der Waals surface area contributed by atoms with Crippen LogP contribution in [0.3, 0.4) is 0 Å². The summed E-state index contributed by atoms with van der Waals surface area (Å²) in [5, 5.41) is 7.86. The monoisotopic (exact) mass is 246 g/mol. The SMILES string of the molecule is O=c1[nH]nc(C#Cc2ccccc2)c2ccccc12. The van der Waals surface area contributed by atoms with Crippen molar-refractivity contribution >= 4 is 10.8 Å². The van der Waals surface area contributed by atoms with Gasteiger partial charge >= 0.3 is 0 Å². The van der Waals surface area contributed by atoms with Gasteiger partial charge in [-0.15, -0.1) is 0 Å². The Labute approximate surface area is 109 Å². The fourth-order valence-electron chi connectivity index (χ4n) is 1.86. The maximum atomic E-state index is 11.6. The standard InChI is InChI=1S/C16H10N2O/c19-16-14-9-5-4-8-13(14)15(17-18-16)11-10-12-6-2-1-3-7-12/h1-9H,(H,18,19). The van der Waals surface area contributed by atoms with Gasteiger partial charge < -0.3 is 0 Å². The van der Waals surface area contributed by atoms with Crippen LogP contribution in [0, 0.1) is 11.8 Å². The molecular formula is C16H10N2O. The van der Waals surface area contributed by atoms with Gasteiger partial charge in [0, 0.05) is 10.9 Å². The number of hydrogen-bond acceptors (Lipinski definition) is 2. The Morgan fingerprint density at radius 3 is 2.32 bits per heavy atom. The zero-order valence-corrected chi connectivity index (χ0v) is 10.1. The third kappa shape index (κ3) is 2.24. The summed E-state index contributed by atoms with van der Waals surface area (Å²) in [5.41, 5.74) is 1.31. The smallest absolute Gasteiger partial charge is 0.267 e. The van der Waals surface area contributed by atoms with Crippen LogP contribution >= 0.6 is 0 Å². The molecule has 0 unspecified atom stereocenters. The predicted octanol–water partition coefficient (Wildman–Crippen LogP) is 2.32. The highest BCUT2D eigenvalue weighted by Gasteiger charge is 2.02. The molecule has 3 nitrogen and oxygen atoms in total. The first-order chi connectivity index (χ1) is 9.34. The van der Waals surface area contributed by atoms with Crippen molar-refractivity contribution in [3.63, 3.8) is 0 Å². The van der Waals surface area contributed by atoms with Crippen molar-refractivity contribution in [3.05, 3.63) is 76.2 Å². The van der Waals surface area contributed by atoms with E-state index in [1.165, 1.54) is 0 Å². The third-order valence-corrected chi connectivity index (χ3v) is 2.80. The molecule has 0 spiro atoms. The molecule has 0 atom stereocenters. The molecule has 0 aliphatic carbocycles. The van der Waals surface area contributed by atoms with Crippen molar-refractivity contribution in [1.82, 2.24) is 10.2 Å².